The molecule has 7 heteroatoms. The first-order valence-electron chi connectivity index (χ1n) is 4.62. The van der Waals surface area contributed by atoms with Crippen LogP contribution in [0.2, 0.25) is 0 Å². The molecule has 92 valence electrons. The highest BCUT2D eigenvalue weighted by Gasteiger charge is 2.17. The Bertz CT molecular complexity index is 533. The molecule has 0 fully saturated rings. The van der Waals surface area contributed by atoms with Gasteiger partial charge in [0.15, 0.2) is 0 Å². The van der Waals surface area contributed by atoms with Gasteiger partial charge in [-0.15, -0.1) is 0 Å². The van der Waals surface area contributed by atoms with E-state index in [1.54, 1.807) is 0 Å². The standard InChI is InChI=1S/C10H11NO5S/c1-7(12)11(8(2)13)9-3-5-10(6-4-9)17(14,15)16/h3-6H,1-2H3,(H,14,15,16). The maximum absolute atomic E-state index is 11.2. The van der Waals surface area contributed by atoms with E-state index in [2.05, 4.69) is 0 Å². The van der Waals surface area contributed by atoms with E-state index in [4.69, 9.17) is 4.55 Å². The van der Waals surface area contributed by atoms with Gasteiger partial charge in [-0.25, -0.2) is 0 Å². The Morgan fingerprint density at radius 3 is 1.76 bits per heavy atom. The van der Waals surface area contributed by atoms with Crippen molar-refractivity contribution in [2.45, 2.75) is 18.7 Å². The van der Waals surface area contributed by atoms with Gasteiger partial charge in [0.25, 0.3) is 10.1 Å². The number of rotatable bonds is 2. The Morgan fingerprint density at radius 2 is 1.47 bits per heavy atom. The van der Waals surface area contributed by atoms with Gasteiger partial charge < -0.3 is 0 Å². The Balaban J connectivity index is 3.18. The lowest BCUT2D eigenvalue weighted by Gasteiger charge is -2.16. The first-order chi connectivity index (χ1) is 7.73. The minimum absolute atomic E-state index is 0.248. The molecule has 0 unspecified atom stereocenters. The first kappa shape index (κ1) is 13.3. The fourth-order valence-electron chi connectivity index (χ4n) is 1.35. The third-order valence-electron chi connectivity index (χ3n) is 2.02. The molecule has 0 bridgehead atoms. The fraction of sp³-hybridized carbons (Fsp3) is 0.200. The van der Waals surface area contributed by atoms with Crippen LogP contribution in [0.4, 0.5) is 5.69 Å². The van der Waals surface area contributed by atoms with Gasteiger partial charge in [0.1, 0.15) is 0 Å². The largest absolute Gasteiger partial charge is 0.294 e. The lowest BCUT2D eigenvalue weighted by atomic mass is 10.3. The van der Waals surface area contributed by atoms with Gasteiger partial charge >= 0.3 is 0 Å². The van der Waals surface area contributed by atoms with Crippen molar-refractivity contribution in [1.82, 2.24) is 0 Å². The molecule has 1 aromatic rings. The molecule has 0 aliphatic heterocycles. The molecular formula is C10H11NO5S. The van der Waals surface area contributed by atoms with Gasteiger partial charge in [0, 0.05) is 13.8 Å². The molecule has 1 rings (SSSR count). The van der Waals surface area contributed by atoms with Gasteiger partial charge in [-0.05, 0) is 24.3 Å². The number of carbonyl (C=O) groups excluding carboxylic acids is 2. The normalized spacial score (nSPS) is 11.0. The summed E-state index contributed by atoms with van der Waals surface area (Å²) in [5, 5.41) is 0. The van der Waals surface area contributed by atoms with Crippen molar-refractivity contribution in [3.05, 3.63) is 24.3 Å². The fourth-order valence-corrected chi connectivity index (χ4v) is 1.83. The van der Waals surface area contributed by atoms with Crippen molar-refractivity contribution in [1.29, 1.82) is 0 Å². The Hall–Kier alpha value is -1.73. The highest BCUT2D eigenvalue weighted by Crippen LogP contribution is 2.18. The van der Waals surface area contributed by atoms with E-state index in [9.17, 15) is 18.0 Å². The molecule has 0 aliphatic rings. The molecule has 1 N–H and O–H groups in total. The quantitative estimate of drug-likeness (QED) is 0.792. The van der Waals surface area contributed by atoms with Crippen LogP contribution in [0, 0.1) is 0 Å². The maximum atomic E-state index is 11.2. The second-order valence-corrected chi connectivity index (χ2v) is 4.76. The maximum Gasteiger partial charge on any atom is 0.294 e. The third-order valence-corrected chi connectivity index (χ3v) is 2.89. The van der Waals surface area contributed by atoms with Crippen molar-refractivity contribution in [3.8, 4) is 0 Å². The SMILES string of the molecule is CC(=O)N(C(C)=O)c1ccc(S(=O)(=O)O)cc1. The molecule has 6 nitrogen and oxygen atoms in total. The summed E-state index contributed by atoms with van der Waals surface area (Å²) in [4.78, 5) is 23.0. The minimum Gasteiger partial charge on any atom is -0.282 e. The number of benzene rings is 1. The molecule has 17 heavy (non-hydrogen) atoms. The zero-order valence-corrected chi connectivity index (χ0v) is 10.1. The highest BCUT2D eigenvalue weighted by atomic mass is 32.2. The summed E-state index contributed by atoms with van der Waals surface area (Å²) < 4.78 is 30.3. The highest BCUT2D eigenvalue weighted by molar-refractivity contribution is 7.85. The van der Waals surface area contributed by atoms with Gasteiger partial charge in [-0.3, -0.25) is 19.0 Å². The predicted molar refractivity (Wildman–Crippen MR) is 60.1 cm³/mol. The molecule has 0 saturated heterocycles. The van der Waals surface area contributed by atoms with Crippen LogP contribution in [0.15, 0.2) is 29.2 Å². The summed E-state index contributed by atoms with van der Waals surface area (Å²) >= 11 is 0. The summed E-state index contributed by atoms with van der Waals surface area (Å²) in [5.41, 5.74) is 0.248. The molecule has 2 amide bonds. The van der Waals surface area contributed by atoms with Crippen LogP contribution in [-0.4, -0.2) is 24.8 Å². The van der Waals surface area contributed by atoms with Crippen LogP contribution in [0.3, 0.4) is 0 Å². The lowest BCUT2D eigenvalue weighted by molar-refractivity contribution is -0.124. The lowest BCUT2D eigenvalue weighted by Crippen LogP contribution is -2.32. The van der Waals surface area contributed by atoms with E-state index in [0.29, 0.717) is 0 Å². The molecule has 0 atom stereocenters. The van der Waals surface area contributed by atoms with Crippen LogP contribution in [-0.2, 0) is 19.7 Å². The number of carbonyl (C=O) groups is 2. The van der Waals surface area contributed by atoms with Gasteiger partial charge in [0.2, 0.25) is 11.8 Å². The van der Waals surface area contributed by atoms with E-state index in [0.717, 1.165) is 17.0 Å². The van der Waals surface area contributed by atoms with Crippen molar-refractivity contribution in [2.75, 3.05) is 4.90 Å². The van der Waals surface area contributed by atoms with Crippen molar-refractivity contribution in [3.63, 3.8) is 0 Å². The Labute approximate surface area is 98.6 Å². The smallest absolute Gasteiger partial charge is 0.282 e. The first-order valence-corrected chi connectivity index (χ1v) is 6.06. The van der Waals surface area contributed by atoms with Crippen LogP contribution >= 0.6 is 0 Å². The van der Waals surface area contributed by atoms with E-state index in [1.165, 1.54) is 26.0 Å². The average Bonchev–Trinajstić information content (AvgIpc) is 2.15. The number of imide groups is 1. The molecule has 0 heterocycles. The van der Waals surface area contributed by atoms with Crippen molar-refractivity contribution < 1.29 is 22.6 Å². The monoisotopic (exact) mass is 257 g/mol. The molecular weight excluding hydrogens is 246 g/mol. The molecule has 0 radical (unpaired) electrons. The van der Waals surface area contributed by atoms with Crippen LogP contribution < -0.4 is 4.90 Å². The molecule has 0 aliphatic carbocycles. The summed E-state index contributed by atoms with van der Waals surface area (Å²) in [5.74, 6) is -0.950. The van der Waals surface area contributed by atoms with Gasteiger partial charge in [-0.1, -0.05) is 0 Å². The summed E-state index contributed by atoms with van der Waals surface area (Å²) in [6.45, 7) is 2.44. The molecule has 1 aromatic carbocycles. The van der Waals surface area contributed by atoms with E-state index in [-0.39, 0.29) is 10.6 Å². The number of nitrogens with zero attached hydrogens (tertiary/aromatic N) is 1. The van der Waals surface area contributed by atoms with Gasteiger partial charge in [-0.2, -0.15) is 8.42 Å². The average molecular weight is 257 g/mol. The van der Waals surface area contributed by atoms with Gasteiger partial charge in [0.05, 0.1) is 10.6 Å². The molecule has 0 spiro atoms. The van der Waals surface area contributed by atoms with Crippen molar-refractivity contribution in [2.24, 2.45) is 0 Å². The summed E-state index contributed by atoms with van der Waals surface area (Å²) in [7, 11) is -4.27. The van der Waals surface area contributed by atoms with E-state index < -0.39 is 21.9 Å². The van der Waals surface area contributed by atoms with Crippen molar-refractivity contribution >= 4 is 27.6 Å². The number of hydrogen-bond donors (Lipinski definition) is 1. The zero-order valence-electron chi connectivity index (χ0n) is 9.25. The van der Waals surface area contributed by atoms with Crippen LogP contribution in [0.1, 0.15) is 13.8 Å². The predicted octanol–water partition coefficient (Wildman–Crippen LogP) is 0.833. The number of amides is 2. The summed E-state index contributed by atoms with van der Waals surface area (Å²) in [6.07, 6.45) is 0. The molecule has 0 saturated carbocycles. The number of anilines is 1. The Morgan fingerprint density at radius 1 is 1.06 bits per heavy atom. The second-order valence-electron chi connectivity index (χ2n) is 3.34. The number of hydrogen-bond acceptors (Lipinski definition) is 4. The summed E-state index contributed by atoms with van der Waals surface area (Å²) in [6, 6.07) is 4.77. The third kappa shape index (κ3) is 3.11. The van der Waals surface area contributed by atoms with E-state index in [1.807, 2.05) is 0 Å². The van der Waals surface area contributed by atoms with E-state index >= 15 is 0 Å². The minimum atomic E-state index is -4.27. The van der Waals surface area contributed by atoms with Crippen LogP contribution in [0.25, 0.3) is 0 Å². The second kappa shape index (κ2) is 4.64. The zero-order chi connectivity index (χ0) is 13.2. The topological polar surface area (TPSA) is 91.8 Å². The molecule has 0 aromatic heterocycles. The van der Waals surface area contributed by atoms with Crippen LogP contribution in [0.5, 0.6) is 0 Å². The Kier molecular flexibility index (Phi) is 3.64.